The van der Waals surface area contributed by atoms with Crippen LogP contribution < -0.4 is 10.6 Å². The van der Waals surface area contributed by atoms with Crippen LogP contribution in [0.5, 0.6) is 0 Å². The van der Waals surface area contributed by atoms with Gasteiger partial charge in [0, 0.05) is 23.8 Å². The summed E-state index contributed by atoms with van der Waals surface area (Å²) in [6, 6.07) is -1.62. The molecule has 3 atom stereocenters. The number of amides is 2. The fourth-order valence-electron chi connectivity index (χ4n) is 2.44. The average molecular weight is 405 g/mol. The molecule has 0 aliphatic carbocycles. The minimum Gasteiger partial charge on any atom is -0.481 e. The molecule has 1 fully saturated rings. The van der Waals surface area contributed by atoms with Crippen LogP contribution in [0.4, 0.5) is 0 Å². The number of unbranched alkanes of at least 4 members (excludes halogenated alkanes) is 1. The van der Waals surface area contributed by atoms with Crippen molar-refractivity contribution in [3.63, 3.8) is 0 Å². The SMILES string of the molecule is CC(=O)[C@H](C)NC(=O)[C@H](CCC(=O)O)NC(=O)CCCC[C@@H]1CCSS1. The number of hydrogen-bond donors (Lipinski definition) is 3. The summed E-state index contributed by atoms with van der Waals surface area (Å²) in [7, 11) is 3.81. The van der Waals surface area contributed by atoms with Crippen LogP contribution in [0.2, 0.25) is 0 Å². The molecule has 26 heavy (non-hydrogen) atoms. The number of nitrogens with one attached hydrogen (secondary N) is 2. The molecule has 1 saturated heterocycles. The Labute approximate surface area is 162 Å². The van der Waals surface area contributed by atoms with Gasteiger partial charge >= 0.3 is 5.97 Å². The summed E-state index contributed by atoms with van der Waals surface area (Å²) >= 11 is 0. The quantitative estimate of drug-likeness (QED) is 0.337. The van der Waals surface area contributed by atoms with Gasteiger partial charge in [-0.2, -0.15) is 0 Å². The fraction of sp³-hybridized carbons (Fsp3) is 0.765. The van der Waals surface area contributed by atoms with Crippen LogP contribution >= 0.6 is 21.6 Å². The molecule has 0 radical (unpaired) electrons. The second-order valence-electron chi connectivity index (χ2n) is 6.47. The first-order chi connectivity index (χ1) is 12.3. The normalized spacial score (nSPS) is 18.8. The largest absolute Gasteiger partial charge is 0.481 e. The summed E-state index contributed by atoms with van der Waals surface area (Å²) in [5.41, 5.74) is 0. The van der Waals surface area contributed by atoms with E-state index in [1.807, 2.05) is 21.6 Å². The highest BCUT2D eigenvalue weighted by Crippen LogP contribution is 2.39. The number of carbonyl (C=O) groups is 4. The predicted molar refractivity (Wildman–Crippen MR) is 104 cm³/mol. The van der Waals surface area contributed by atoms with Crippen LogP contribution in [0.3, 0.4) is 0 Å². The Kier molecular flexibility index (Phi) is 10.7. The first-order valence-electron chi connectivity index (χ1n) is 8.90. The lowest BCUT2D eigenvalue weighted by molar-refractivity contribution is -0.138. The van der Waals surface area contributed by atoms with Gasteiger partial charge in [0.15, 0.2) is 5.78 Å². The van der Waals surface area contributed by atoms with Crippen molar-refractivity contribution in [2.75, 3.05) is 5.75 Å². The number of rotatable bonds is 12. The second-order valence-corrected chi connectivity index (χ2v) is 9.26. The smallest absolute Gasteiger partial charge is 0.303 e. The van der Waals surface area contributed by atoms with E-state index in [2.05, 4.69) is 10.6 Å². The molecule has 7 nitrogen and oxygen atoms in total. The molecule has 148 valence electrons. The molecule has 0 spiro atoms. The van der Waals surface area contributed by atoms with Gasteiger partial charge in [0.05, 0.1) is 6.04 Å². The summed E-state index contributed by atoms with van der Waals surface area (Å²) in [5.74, 6) is -0.844. The number of carboxylic acid groups (broad SMARTS) is 1. The highest BCUT2D eigenvalue weighted by atomic mass is 33.1. The average Bonchev–Trinajstić information content (AvgIpc) is 3.08. The summed E-state index contributed by atoms with van der Waals surface area (Å²) < 4.78 is 0. The topological polar surface area (TPSA) is 113 Å². The molecular formula is C17H28N2O5S2. The van der Waals surface area contributed by atoms with E-state index in [1.165, 1.54) is 19.1 Å². The van der Waals surface area contributed by atoms with E-state index in [0.29, 0.717) is 11.7 Å². The standard InChI is InChI=1S/C17H28N2O5S2/c1-11(12(2)20)18-17(24)14(7-8-16(22)23)19-15(21)6-4-3-5-13-9-10-25-26-13/h11,13-14H,3-10H2,1-2H3,(H,18,24)(H,19,21)(H,22,23)/t11-,13+,14-/m0/s1. The van der Waals surface area contributed by atoms with Crippen LogP contribution in [0, 0.1) is 0 Å². The van der Waals surface area contributed by atoms with Gasteiger partial charge in [-0.1, -0.05) is 28.0 Å². The van der Waals surface area contributed by atoms with E-state index in [1.54, 1.807) is 6.92 Å². The van der Waals surface area contributed by atoms with E-state index in [4.69, 9.17) is 5.11 Å². The summed E-state index contributed by atoms with van der Waals surface area (Å²) in [4.78, 5) is 46.4. The van der Waals surface area contributed by atoms with Crippen LogP contribution in [-0.4, -0.2) is 51.8 Å². The van der Waals surface area contributed by atoms with Crippen LogP contribution in [0.1, 0.15) is 58.8 Å². The first kappa shape index (κ1) is 22.8. The van der Waals surface area contributed by atoms with Gasteiger partial charge in [0.25, 0.3) is 0 Å². The van der Waals surface area contributed by atoms with Crippen LogP contribution in [0.15, 0.2) is 0 Å². The van der Waals surface area contributed by atoms with Crippen molar-refractivity contribution in [1.82, 2.24) is 10.6 Å². The summed E-state index contributed by atoms with van der Waals surface area (Å²) in [5, 5.41) is 14.6. The van der Waals surface area contributed by atoms with Crippen molar-refractivity contribution >= 4 is 45.2 Å². The van der Waals surface area contributed by atoms with E-state index in [-0.39, 0.29) is 24.5 Å². The van der Waals surface area contributed by atoms with Gasteiger partial charge in [0.1, 0.15) is 6.04 Å². The zero-order valence-electron chi connectivity index (χ0n) is 15.3. The Morgan fingerprint density at radius 1 is 1.15 bits per heavy atom. The third kappa shape index (κ3) is 9.47. The lowest BCUT2D eigenvalue weighted by Crippen LogP contribution is -2.50. The molecule has 9 heteroatoms. The molecule has 1 aliphatic rings. The van der Waals surface area contributed by atoms with Crippen molar-refractivity contribution in [1.29, 1.82) is 0 Å². The van der Waals surface area contributed by atoms with Crippen molar-refractivity contribution in [2.24, 2.45) is 0 Å². The van der Waals surface area contributed by atoms with E-state index < -0.39 is 24.0 Å². The third-order valence-corrected chi connectivity index (χ3v) is 7.18. The Morgan fingerprint density at radius 2 is 1.88 bits per heavy atom. The Morgan fingerprint density at radius 3 is 2.46 bits per heavy atom. The molecule has 1 aliphatic heterocycles. The van der Waals surface area contributed by atoms with E-state index >= 15 is 0 Å². The zero-order chi connectivity index (χ0) is 19.5. The van der Waals surface area contributed by atoms with Gasteiger partial charge in [-0.15, -0.1) is 0 Å². The molecule has 0 aromatic rings. The molecule has 0 saturated carbocycles. The fourth-order valence-corrected chi connectivity index (χ4v) is 5.47. The highest BCUT2D eigenvalue weighted by molar-refractivity contribution is 8.77. The number of hydrogen-bond acceptors (Lipinski definition) is 6. The molecule has 0 unspecified atom stereocenters. The maximum atomic E-state index is 12.2. The summed E-state index contributed by atoms with van der Waals surface area (Å²) in [6.45, 7) is 2.91. The molecule has 1 rings (SSSR count). The van der Waals surface area contributed by atoms with Gasteiger partial charge in [-0.3, -0.25) is 19.2 Å². The number of ketones is 1. The van der Waals surface area contributed by atoms with Crippen molar-refractivity contribution < 1.29 is 24.3 Å². The van der Waals surface area contributed by atoms with Crippen LogP contribution in [0.25, 0.3) is 0 Å². The van der Waals surface area contributed by atoms with Crippen LogP contribution in [-0.2, 0) is 19.2 Å². The lowest BCUT2D eigenvalue weighted by Gasteiger charge is -2.20. The predicted octanol–water partition coefficient (Wildman–Crippen LogP) is 2.14. The number of carboxylic acids is 1. The molecule has 0 bridgehead atoms. The van der Waals surface area contributed by atoms with Gasteiger partial charge in [-0.05, 0) is 39.5 Å². The molecule has 0 aromatic heterocycles. The minimum absolute atomic E-state index is 0.00648. The Hall–Kier alpha value is -1.22. The molecular weight excluding hydrogens is 376 g/mol. The Balaban J connectivity index is 2.41. The molecule has 2 amide bonds. The van der Waals surface area contributed by atoms with Gasteiger partial charge in [-0.25, -0.2) is 0 Å². The van der Waals surface area contributed by atoms with Crippen molar-refractivity contribution in [2.45, 2.75) is 76.1 Å². The first-order valence-corrected chi connectivity index (χ1v) is 11.3. The van der Waals surface area contributed by atoms with Gasteiger partial charge in [0.2, 0.25) is 11.8 Å². The number of carbonyl (C=O) groups excluding carboxylic acids is 3. The van der Waals surface area contributed by atoms with Gasteiger partial charge < -0.3 is 15.7 Å². The summed E-state index contributed by atoms with van der Waals surface area (Å²) in [6.07, 6.45) is 4.07. The number of aliphatic carboxylic acids is 1. The van der Waals surface area contributed by atoms with Crippen molar-refractivity contribution in [3.05, 3.63) is 0 Å². The minimum atomic E-state index is -1.04. The van der Waals surface area contributed by atoms with E-state index in [0.717, 1.165) is 19.3 Å². The molecule has 3 N–H and O–H groups in total. The molecule has 1 heterocycles. The lowest BCUT2D eigenvalue weighted by atomic mass is 10.1. The molecule has 0 aromatic carbocycles. The maximum Gasteiger partial charge on any atom is 0.303 e. The van der Waals surface area contributed by atoms with E-state index in [9.17, 15) is 19.2 Å². The zero-order valence-corrected chi connectivity index (χ0v) is 16.9. The Bertz CT molecular complexity index is 509. The maximum absolute atomic E-state index is 12.2. The highest BCUT2D eigenvalue weighted by Gasteiger charge is 2.24. The third-order valence-electron chi connectivity index (χ3n) is 4.17. The number of Topliss-reactive ketones (excluding diaryl/α,β-unsaturated/α-hetero) is 1. The second kappa shape index (κ2) is 12.2. The monoisotopic (exact) mass is 404 g/mol. The van der Waals surface area contributed by atoms with Crippen molar-refractivity contribution in [3.8, 4) is 0 Å².